The number of anilines is 1. The van der Waals surface area contributed by atoms with Crippen LogP contribution in [0.2, 0.25) is 0 Å². The fraction of sp³-hybridized carbons (Fsp3) is 0.130. The van der Waals surface area contributed by atoms with Gasteiger partial charge in [-0.1, -0.05) is 66.4 Å². The third-order valence-electron chi connectivity index (χ3n) is 4.61. The summed E-state index contributed by atoms with van der Waals surface area (Å²) in [5.74, 6) is 0.114. The maximum absolute atomic E-state index is 12.8. The van der Waals surface area contributed by atoms with Crippen LogP contribution in [0.5, 0.6) is 5.75 Å². The number of carbonyl (C=O) groups is 2. The second-order valence-electron chi connectivity index (χ2n) is 6.88. The van der Waals surface area contributed by atoms with Crippen molar-refractivity contribution in [3.63, 3.8) is 0 Å². The fourth-order valence-corrected chi connectivity index (χ4v) is 5.15. The highest BCUT2D eigenvalue weighted by Crippen LogP contribution is 2.32. The molecule has 1 aromatic heterocycles. The van der Waals surface area contributed by atoms with Crippen molar-refractivity contribution in [2.24, 2.45) is 0 Å². The molecule has 0 saturated carbocycles. The molecular weight excluding hydrogens is 462 g/mol. The van der Waals surface area contributed by atoms with Gasteiger partial charge < -0.3 is 10.1 Å². The molecule has 1 aliphatic heterocycles. The van der Waals surface area contributed by atoms with Crippen LogP contribution in [-0.2, 0) is 16.0 Å². The zero-order valence-corrected chi connectivity index (χ0v) is 19.6. The fourth-order valence-electron chi connectivity index (χ4n) is 3.03. The second kappa shape index (κ2) is 10.1. The minimum atomic E-state index is -0.340. The van der Waals surface area contributed by atoms with Crippen molar-refractivity contribution < 1.29 is 14.3 Å². The molecule has 6 nitrogen and oxygen atoms in total. The molecule has 1 aliphatic rings. The Balaban J connectivity index is 1.36. The van der Waals surface area contributed by atoms with Crippen molar-refractivity contribution in [1.82, 2.24) is 9.88 Å². The molecular formula is C23H19N3O3S3. The molecule has 0 atom stereocenters. The Morgan fingerprint density at radius 1 is 1.19 bits per heavy atom. The number of thioether (sulfide) groups is 1. The summed E-state index contributed by atoms with van der Waals surface area (Å²) in [5.41, 5.74) is 2.03. The van der Waals surface area contributed by atoms with E-state index in [2.05, 4.69) is 10.3 Å². The quantitative estimate of drug-likeness (QED) is 0.393. The van der Waals surface area contributed by atoms with Crippen LogP contribution in [-0.4, -0.2) is 39.7 Å². The monoisotopic (exact) mass is 481 g/mol. The van der Waals surface area contributed by atoms with Crippen LogP contribution in [0, 0.1) is 0 Å². The molecule has 2 heterocycles. The number of amides is 2. The first-order valence-corrected chi connectivity index (χ1v) is 11.7. The number of nitrogens with one attached hydrogen (secondary N) is 1. The van der Waals surface area contributed by atoms with Gasteiger partial charge in [-0.3, -0.25) is 14.5 Å². The number of thiocarbonyl (C=S) groups is 1. The predicted molar refractivity (Wildman–Crippen MR) is 133 cm³/mol. The standard InChI is InChI=1S/C23H19N3O3S3/c1-29-17-9-7-16(8-10-17)12-19-21(28)26(23(30)32-19)14-20(27)25-22-24-13-18(31-22)11-15-5-3-2-4-6-15/h2-10,12-13H,11,14H2,1H3,(H,24,25,27)/b19-12-. The van der Waals surface area contributed by atoms with E-state index in [0.29, 0.717) is 14.4 Å². The summed E-state index contributed by atoms with van der Waals surface area (Å²) in [6.45, 7) is -0.155. The zero-order valence-electron chi connectivity index (χ0n) is 17.1. The van der Waals surface area contributed by atoms with Crippen molar-refractivity contribution in [2.75, 3.05) is 19.0 Å². The summed E-state index contributed by atoms with van der Waals surface area (Å²) < 4.78 is 5.50. The van der Waals surface area contributed by atoms with E-state index in [0.717, 1.165) is 22.6 Å². The number of carbonyl (C=O) groups excluding carboxylic acids is 2. The number of thiazole rings is 1. The smallest absolute Gasteiger partial charge is 0.266 e. The first kappa shape index (κ1) is 22.2. The Labute approximate surface area is 199 Å². The van der Waals surface area contributed by atoms with Crippen LogP contribution < -0.4 is 10.1 Å². The molecule has 0 radical (unpaired) electrons. The van der Waals surface area contributed by atoms with Gasteiger partial charge in [0, 0.05) is 17.5 Å². The Hall–Kier alpha value is -3.01. The summed E-state index contributed by atoms with van der Waals surface area (Å²) in [7, 11) is 1.60. The number of nitrogens with zero attached hydrogens (tertiary/aromatic N) is 2. The zero-order chi connectivity index (χ0) is 22.5. The number of ether oxygens (including phenoxy) is 1. The van der Waals surface area contributed by atoms with Gasteiger partial charge in [0.05, 0.1) is 12.0 Å². The second-order valence-corrected chi connectivity index (χ2v) is 9.67. The number of hydrogen-bond donors (Lipinski definition) is 1. The summed E-state index contributed by atoms with van der Waals surface area (Å²) in [6, 6.07) is 17.4. The molecule has 3 aromatic rings. The Bertz CT molecular complexity index is 1170. The van der Waals surface area contributed by atoms with Crippen LogP contribution in [0.3, 0.4) is 0 Å². The van der Waals surface area contributed by atoms with Gasteiger partial charge in [0.1, 0.15) is 16.6 Å². The van der Waals surface area contributed by atoms with Crippen molar-refractivity contribution in [1.29, 1.82) is 0 Å². The van der Waals surface area contributed by atoms with Crippen LogP contribution in [0.1, 0.15) is 16.0 Å². The van der Waals surface area contributed by atoms with Gasteiger partial charge in [-0.15, -0.1) is 11.3 Å². The first-order chi connectivity index (χ1) is 15.5. The van der Waals surface area contributed by atoms with Crippen molar-refractivity contribution in [2.45, 2.75) is 6.42 Å². The lowest BCUT2D eigenvalue weighted by atomic mass is 10.1. The molecule has 162 valence electrons. The Kier molecular flexibility index (Phi) is 6.99. The lowest BCUT2D eigenvalue weighted by molar-refractivity contribution is -0.126. The van der Waals surface area contributed by atoms with Gasteiger partial charge in [0.25, 0.3) is 5.91 Å². The number of aromatic nitrogens is 1. The molecule has 0 spiro atoms. The summed E-state index contributed by atoms with van der Waals surface area (Å²) >= 11 is 7.92. The van der Waals surface area contributed by atoms with E-state index in [-0.39, 0.29) is 18.4 Å². The van der Waals surface area contributed by atoms with Crippen molar-refractivity contribution in [3.05, 3.63) is 81.7 Å². The van der Waals surface area contributed by atoms with Gasteiger partial charge in [-0.2, -0.15) is 0 Å². The highest BCUT2D eigenvalue weighted by molar-refractivity contribution is 8.26. The number of benzene rings is 2. The summed E-state index contributed by atoms with van der Waals surface area (Å²) in [6.07, 6.45) is 4.26. The molecule has 9 heteroatoms. The predicted octanol–water partition coefficient (Wildman–Crippen LogP) is 4.58. The first-order valence-electron chi connectivity index (χ1n) is 9.70. The lowest BCUT2D eigenvalue weighted by Crippen LogP contribution is -2.36. The van der Waals surface area contributed by atoms with Gasteiger partial charge in [-0.05, 0) is 29.3 Å². The molecule has 32 heavy (non-hydrogen) atoms. The maximum Gasteiger partial charge on any atom is 0.266 e. The van der Waals surface area contributed by atoms with Gasteiger partial charge >= 0.3 is 0 Å². The molecule has 0 aliphatic carbocycles. The summed E-state index contributed by atoms with van der Waals surface area (Å²) in [4.78, 5) is 32.4. The van der Waals surface area contributed by atoms with E-state index < -0.39 is 0 Å². The molecule has 1 fully saturated rings. The molecule has 0 bridgehead atoms. The third kappa shape index (κ3) is 5.42. The molecule has 0 unspecified atom stereocenters. The van der Waals surface area contributed by atoms with Gasteiger partial charge in [-0.25, -0.2) is 4.98 Å². The van der Waals surface area contributed by atoms with Gasteiger partial charge in [0.2, 0.25) is 5.91 Å². The average molecular weight is 482 g/mol. The Morgan fingerprint density at radius 3 is 2.66 bits per heavy atom. The SMILES string of the molecule is COc1ccc(/C=C2\SC(=S)N(CC(=O)Nc3ncc(Cc4ccccc4)s3)C2=O)cc1. The number of rotatable bonds is 7. The largest absolute Gasteiger partial charge is 0.497 e. The van der Waals surface area contributed by atoms with Crippen LogP contribution >= 0.6 is 35.3 Å². The van der Waals surface area contributed by atoms with E-state index in [1.54, 1.807) is 19.4 Å². The normalized spacial score (nSPS) is 14.8. The highest BCUT2D eigenvalue weighted by Gasteiger charge is 2.33. The van der Waals surface area contributed by atoms with E-state index in [1.165, 1.54) is 33.6 Å². The van der Waals surface area contributed by atoms with Crippen LogP contribution in [0.25, 0.3) is 6.08 Å². The topological polar surface area (TPSA) is 71.5 Å². The molecule has 4 rings (SSSR count). The molecule has 2 amide bonds. The van der Waals surface area contributed by atoms with Crippen molar-refractivity contribution >= 4 is 62.7 Å². The number of hydrogen-bond acceptors (Lipinski definition) is 7. The molecule has 2 aromatic carbocycles. The van der Waals surface area contributed by atoms with Crippen LogP contribution in [0.4, 0.5) is 5.13 Å². The molecule has 1 N–H and O–H groups in total. The van der Waals surface area contributed by atoms with E-state index in [4.69, 9.17) is 17.0 Å². The summed E-state index contributed by atoms with van der Waals surface area (Å²) in [5, 5.41) is 3.27. The molecule has 1 saturated heterocycles. The highest BCUT2D eigenvalue weighted by atomic mass is 32.2. The Morgan fingerprint density at radius 2 is 1.94 bits per heavy atom. The minimum absolute atomic E-state index is 0.155. The van der Waals surface area contributed by atoms with Crippen molar-refractivity contribution in [3.8, 4) is 5.75 Å². The van der Waals surface area contributed by atoms with Crippen LogP contribution in [0.15, 0.2) is 65.7 Å². The van der Waals surface area contributed by atoms with E-state index in [1.807, 2.05) is 54.6 Å². The minimum Gasteiger partial charge on any atom is -0.497 e. The maximum atomic E-state index is 12.8. The number of methoxy groups -OCH3 is 1. The lowest BCUT2D eigenvalue weighted by Gasteiger charge is -2.13. The van der Waals surface area contributed by atoms with Gasteiger partial charge in [0.15, 0.2) is 5.13 Å². The van der Waals surface area contributed by atoms with E-state index in [9.17, 15) is 9.59 Å². The van der Waals surface area contributed by atoms with E-state index >= 15 is 0 Å². The average Bonchev–Trinajstić information content (AvgIpc) is 3.34. The third-order valence-corrected chi connectivity index (χ3v) is 6.90.